The number of anilines is 6. The van der Waals surface area contributed by atoms with Gasteiger partial charge in [0.2, 0.25) is 0 Å². The first-order valence-corrected chi connectivity index (χ1v) is 27.2. The summed E-state index contributed by atoms with van der Waals surface area (Å²) < 4.78 is 4.73. The van der Waals surface area contributed by atoms with Gasteiger partial charge in [-0.2, -0.15) is 0 Å². The van der Waals surface area contributed by atoms with E-state index in [0.717, 1.165) is 89.8 Å². The quantitative estimate of drug-likeness (QED) is 0.114. The summed E-state index contributed by atoms with van der Waals surface area (Å²) >= 11 is 0. The molecule has 2 heterocycles. The Kier molecular flexibility index (Phi) is 12.2. The van der Waals surface area contributed by atoms with Gasteiger partial charge in [0.15, 0.2) is 0 Å². The zero-order valence-corrected chi connectivity index (χ0v) is 44.1. The summed E-state index contributed by atoms with van der Waals surface area (Å²) in [6, 6.07) is 105. The van der Waals surface area contributed by atoms with Crippen molar-refractivity contribution in [3.63, 3.8) is 0 Å². The second kappa shape index (κ2) is 20.4. The molecule has 0 unspecified atom stereocenters. The van der Waals surface area contributed by atoms with E-state index in [4.69, 9.17) is 0 Å². The molecule has 0 aliphatic heterocycles. The van der Waals surface area contributed by atoms with E-state index in [2.05, 4.69) is 323 Å². The first kappa shape index (κ1) is 47.7. The van der Waals surface area contributed by atoms with Gasteiger partial charge in [0.1, 0.15) is 0 Å². The lowest BCUT2D eigenvalue weighted by molar-refractivity contribution is 1.18. The van der Waals surface area contributed by atoms with E-state index in [1.54, 1.807) is 0 Å². The van der Waals surface area contributed by atoms with Crippen molar-refractivity contribution in [3.8, 4) is 44.8 Å². The van der Waals surface area contributed by atoms with E-state index >= 15 is 0 Å². The molecule has 0 atom stereocenters. The van der Waals surface area contributed by atoms with Crippen LogP contribution >= 0.6 is 0 Å². The van der Waals surface area contributed by atoms with Crippen LogP contribution in [0.1, 0.15) is 11.1 Å². The van der Waals surface area contributed by atoms with Gasteiger partial charge in [0.25, 0.3) is 0 Å². The Labute approximate surface area is 466 Å². The van der Waals surface area contributed by atoms with Crippen LogP contribution in [-0.2, 0) is 0 Å². The van der Waals surface area contributed by atoms with Gasteiger partial charge in [-0.05, 0) is 178 Å². The first-order chi connectivity index (χ1) is 39.6. The molecule has 0 amide bonds. The van der Waals surface area contributed by atoms with Gasteiger partial charge < -0.3 is 18.9 Å². The number of fused-ring (bicyclic) bond motifs is 6. The maximum atomic E-state index is 4.12. The van der Waals surface area contributed by atoms with Crippen LogP contribution in [0, 0.1) is 0 Å². The molecule has 4 heteroatoms. The van der Waals surface area contributed by atoms with E-state index in [1.165, 1.54) is 43.8 Å². The molecule has 0 N–H and O–H groups in total. The Morgan fingerprint density at radius 1 is 0.237 bits per heavy atom. The molecule has 2 aromatic heterocycles. The fourth-order valence-corrected chi connectivity index (χ4v) is 11.7. The Balaban J connectivity index is 0.854. The SMILES string of the molecule is C=Cc1ccc2c(c1)c1cc(N(c3ccc(-c4ccccc4)cc3)c3ccc(-c4ccc(N(c5ccc(-c6ccccc6)cc5)c5ccc6c(c5)c5cc(C=C)ccc5n6-c5ccccc5)cc4)cc3)ccc1n2-c1ccccc1. The number of aromatic nitrogens is 2. The Hall–Kier alpha value is -10.7. The lowest BCUT2D eigenvalue weighted by Gasteiger charge is -2.27. The molecule has 0 saturated carbocycles. The van der Waals surface area contributed by atoms with E-state index in [1.807, 2.05) is 12.2 Å². The standard InChI is InChI=1S/C76H54N4/c1-3-53-25-45-73-69(49-53)71-51-67(43-47-75(71)79(73)61-21-13-7-14-22-61)77(63-35-27-57(28-36-63)55-17-9-5-10-18-55)65-39-31-59(32-40-65)60-33-41-66(42-34-60)78(64-37-29-58(30-38-64)56-19-11-6-12-20-56)68-44-48-76-72(52-68)70-50-54(4-2)26-46-74(70)80(76)62-23-15-8-16-24-62/h3-52H,1-2H2. The minimum Gasteiger partial charge on any atom is -0.310 e. The summed E-state index contributed by atoms with van der Waals surface area (Å²) in [7, 11) is 0. The average Bonchev–Trinajstić information content (AvgIpc) is 4.07. The monoisotopic (exact) mass is 1020 g/mol. The third-order valence-electron chi connectivity index (χ3n) is 15.6. The van der Waals surface area contributed by atoms with Crippen LogP contribution < -0.4 is 9.80 Å². The van der Waals surface area contributed by atoms with Crippen molar-refractivity contribution in [1.29, 1.82) is 0 Å². The molecular weight excluding hydrogens is 969 g/mol. The van der Waals surface area contributed by atoms with E-state index in [9.17, 15) is 0 Å². The van der Waals surface area contributed by atoms with Gasteiger partial charge in [-0.3, -0.25) is 0 Å². The summed E-state index contributed by atoms with van der Waals surface area (Å²) in [5.41, 5.74) is 22.4. The lowest BCUT2D eigenvalue weighted by atomic mass is 10.0. The normalized spacial score (nSPS) is 11.3. The van der Waals surface area contributed by atoms with Crippen molar-refractivity contribution < 1.29 is 0 Å². The molecule has 0 spiro atoms. The summed E-state index contributed by atoms with van der Waals surface area (Å²) in [5, 5.41) is 4.72. The molecule has 12 aromatic carbocycles. The molecule has 80 heavy (non-hydrogen) atoms. The average molecular weight is 1020 g/mol. The van der Waals surface area contributed by atoms with Gasteiger partial charge in [0, 0.05) is 67.0 Å². The second-order valence-electron chi connectivity index (χ2n) is 20.3. The van der Waals surface area contributed by atoms with E-state index in [-0.39, 0.29) is 0 Å². The topological polar surface area (TPSA) is 16.3 Å². The highest BCUT2D eigenvalue weighted by Crippen LogP contribution is 2.44. The highest BCUT2D eigenvalue weighted by Gasteiger charge is 2.21. The zero-order chi connectivity index (χ0) is 53.5. The van der Waals surface area contributed by atoms with Gasteiger partial charge in [-0.15, -0.1) is 0 Å². The fraction of sp³-hybridized carbons (Fsp3) is 0. The van der Waals surface area contributed by atoms with Gasteiger partial charge in [0.05, 0.1) is 22.1 Å². The number of hydrogen-bond acceptors (Lipinski definition) is 2. The molecule has 0 aliphatic rings. The minimum absolute atomic E-state index is 1.06. The van der Waals surface area contributed by atoms with Gasteiger partial charge in [-0.1, -0.05) is 183 Å². The summed E-state index contributed by atoms with van der Waals surface area (Å²) in [5.74, 6) is 0. The third kappa shape index (κ3) is 8.62. The molecule has 0 aliphatic carbocycles. The van der Waals surface area contributed by atoms with Crippen molar-refractivity contribution in [1.82, 2.24) is 9.13 Å². The first-order valence-electron chi connectivity index (χ1n) is 27.2. The molecule has 0 radical (unpaired) electrons. The highest BCUT2D eigenvalue weighted by molar-refractivity contribution is 6.12. The van der Waals surface area contributed by atoms with Crippen molar-refractivity contribution >= 4 is 89.9 Å². The molecule has 378 valence electrons. The predicted molar refractivity (Wildman–Crippen MR) is 341 cm³/mol. The van der Waals surface area contributed by atoms with Crippen LogP contribution in [0.15, 0.2) is 304 Å². The van der Waals surface area contributed by atoms with Crippen molar-refractivity contribution in [2.24, 2.45) is 0 Å². The third-order valence-corrected chi connectivity index (χ3v) is 15.6. The van der Waals surface area contributed by atoms with Crippen molar-refractivity contribution in [3.05, 3.63) is 315 Å². The van der Waals surface area contributed by atoms with Crippen LogP contribution in [-0.4, -0.2) is 9.13 Å². The van der Waals surface area contributed by atoms with Crippen LogP contribution in [0.3, 0.4) is 0 Å². The Morgan fingerprint density at radius 2 is 0.487 bits per heavy atom. The molecule has 4 nitrogen and oxygen atoms in total. The summed E-state index contributed by atoms with van der Waals surface area (Å²) in [6.07, 6.45) is 3.86. The molecule has 0 saturated heterocycles. The lowest BCUT2D eigenvalue weighted by Crippen LogP contribution is -2.10. The Bertz CT molecular complexity index is 4260. The fourth-order valence-electron chi connectivity index (χ4n) is 11.7. The van der Waals surface area contributed by atoms with Crippen molar-refractivity contribution in [2.45, 2.75) is 0 Å². The number of rotatable bonds is 13. The summed E-state index contributed by atoms with van der Waals surface area (Å²) in [4.78, 5) is 4.74. The molecule has 14 rings (SSSR count). The smallest absolute Gasteiger partial charge is 0.0542 e. The largest absolute Gasteiger partial charge is 0.310 e. The number of nitrogens with zero attached hydrogens (tertiary/aromatic N) is 4. The van der Waals surface area contributed by atoms with Crippen LogP contribution in [0.4, 0.5) is 34.1 Å². The van der Waals surface area contributed by atoms with E-state index < -0.39 is 0 Å². The number of benzene rings is 12. The Morgan fingerprint density at radius 3 is 0.787 bits per heavy atom. The molecule has 0 bridgehead atoms. The maximum Gasteiger partial charge on any atom is 0.0542 e. The van der Waals surface area contributed by atoms with Gasteiger partial charge >= 0.3 is 0 Å². The van der Waals surface area contributed by atoms with Gasteiger partial charge in [-0.25, -0.2) is 0 Å². The maximum absolute atomic E-state index is 4.12. The van der Waals surface area contributed by atoms with E-state index in [0.29, 0.717) is 0 Å². The molecule has 14 aromatic rings. The van der Waals surface area contributed by atoms with Crippen molar-refractivity contribution in [2.75, 3.05) is 9.80 Å². The second-order valence-corrected chi connectivity index (χ2v) is 20.3. The minimum atomic E-state index is 1.06. The summed E-state index contributed by atoms with van der Waals surface area (Å²) in [6.45, 7) is 8.25. The highest BCUT2D eigenvalue weighted by atomic mass is 15.1. The zero-order valence-electron chi connectivity index (χ0n) is 44.1. The molecule has 0 fully saturated rings. The van der Waals surface area contributed by atoms with Crippen LogP contribution in [0.25, 0.3) is 101 Å². The van der Waals surface area contributed by atoms with Crippen LogP contribution in [0.2, 0.25) is 0 Å². The van der Waals surface area contributed by atoms with Crippen LogP contribution in [0.5, 0.6) is 0 Å². The number of para-hydroxylation sites is 2. The number of hydrogen-bond donors (Lipinski definition) is 0. The predicted octanol–water partition coefficient (Wildman–Crippen LogP) is 21.1. The molecular formula is C76H54N4.